The highest BCUT2D eigenvalue weighted by atomic mass is 16.2. The van der Waals surface area contributed by atoms with E-state index in [0.717, 1.165) is 0 Å². The minimum atomic E-state index is -1.07. The monoisotopic (exact) mass is 405 g/mol. The molecule has 0 N–H and O–H groups in total. The summed E-state index contributed by atoms with van der Waals surface area (Å²) >= 11 is 0. The highest BCUT2D eigenvalue weighted by Gasteiger charge is 2.40. The number of hydrogen-bond donors (Lipinski definition) is 0. The largest absolute Gasteiger partial charge is 0.293 e. The number of Topliss-reactive ketones (excluding diaryl/α,β-unsaturated/α-hetero) is 2. The van der Waals surface area contributed by atoms with Gasteiger partial charge in [-0.05, 0) is 11.1 Å². The van der Waals surface area contributed by atoms with Gasteiger partial charge in [-0.1, -0.05) is 78.9 Å². The van der Waals surface area contributed by atoms with Gasteiger partial charge in [0.05, 0.1) is 0 Å². The first-order valence-electron chi connectivity index (χ1n) is 9.77. The van der Waals surface area contributed by atoms with E-state index < -0.39 is 16.8 Å². The fourth-order valence-corrected chi connectivity index (χ4v) is 4.06. The predicted molar refractivity (Wildman–Crippen MR) is 117 cm³/mol. The molecular weight excluding hydrogens is 390 g/mol. The third kappa shape index (κ3) is 2.90. The van der Waals surface area contributed by atoms with Gasteiger partial charge in [0.15, 0.2) is 16.9 Å². The third-order valence-electron chi connectivity index (χ3n) is 5.58. The first-order valence-corrected chi connectivity index (χ1v) is 9.77. The Morgan fingerprint density at radius 2 is 1.13 bits per heavy atom. The molecule has 0 atom stereocenters. The van der Waals surface area contributed by atoms with Gasteiger partial charge in [-0.3, -0.25) is 19.2 Å². The van der Waals surface area contributed by atoms with Crippen LogP contribution < -0.4 is 16.2 Å². The van der Waals surface area contributed by atoms with Crippen molar-refractivity contribution in [3.05, 3.63) is 128 Å². The summed E-state index contributed by atoms with van der Waals surface area (Å²) in [6.07, 6.45) is 1.32. The number of carbonyl (C=O) groups excluding carboxylic acids is 2. The second-order valence-corrected chi connectivity index (χ2v) is 7.34. The van der Waals surface area contributed by atoms with Gasteiger partial charge < -0.3 is 0 Å². The fraction of sp³-hybridized carbons (Fsp3) is 0.0385. The van der Waals surface area contributed by atoms with E-state index in [1.807, 2.05) is 6.07 Å². The Morgan fingerprint density at radius 1 is 0.645 bits per heavy atom. The zero-order valence-corrected chi connectivity index (χ0v) is 16.2. The molecule has 1 aliphatic rings. The molecule has 4 aromatic rings. The molecule has 5 rings (SSSR count). The fourth-order valence-electron chi connectivity index (χ4n) is 4.06. The van der Waals surface area contributed by atoms with Crippen molar-refractivity contribution in [1.29, 1.82) is 0 Å². The van der Waals surface area contributed by atoms with Gasteiger partial charge in [0, 0.05) is 28.1 Å². The van der Waals surface area contributed by atoms with Crippen molar-refractivity contribution in [1.82, 2.24) is 0 Å². The van der Waals surface area contributed by atoms with Crippen LogP contribution in [-0.4, -0.2) is 11.6 Å². The Morgan fingerprint density at radius 3 is 1.68 bits per heavy atom. The van der Waals surface area contributed by atoms with Gasteiger partial charge in [0.25, 0.3) is 0 Å². The molecule has 0 bridgehead atoms. The Kier molecular flexibility index (Phi) is 4.37. The molecule has 5 nitrogen and oxygen atoms in total. The highest BCUT2D eigenvalue weighted by molar-refractivity contribution is 6.31. The topological polar surface area (TPSA) is 80.6 Å². The van der Waals surface area contributed by atoms with E-state index in [0.29, 0.717) is 33.0 Å². The number of hydrogen-bond acceptors (Lipinski definition) is 5. The quantitative estimate of drug-likeness (QED) is 0.491. The maximum atomic E-state index is 13.1. The lowest BCUT2D eigenvalue weighted by molar-refractivity contribution is 0.0877. The summed E-state index contributed by atoms with van der Waals surface area (Å²) in [5.74, 6) is -1.70. The van der Waals surface area contributed by atoms with Crippen LogP contribution in [0.4, 0.5) is 0 Å². The molecule has 0 fully saturated rings. The highest BCUT2D eigenvalue weighted by Crippen LogP contribution is 2.36. The Bertz CT molecular complexity index is 1470. The minimum Gasteiger partial charge on any atom is -0.293 e. The van der Waals surface area contributed by atoms with Gasteiger partial charge in [-0.15, -0.1) is 0 Å². The third-order valence-corrected chi connectivity index (χ3v) is 5.58. The number of fused-ring (bicyclic) bond motifs is 2. The first-order chi connectivity index (χ1) is 15.1. The SMILES string of the molecule is O=C1c2ccccc2C(=O)C1C(=CN=c1c(=O)c2ccccc2c1=O)c1ccccc1. The van der Waals surface area contributed by atoms with Gasteiger partial charge in [0.2, 0.25) is 10.9 Å². The van der Waals surface area contributed by atoms with Crippen molar-refractivity contribution in [2.45, 2.75) is 0 Å². The van der Waals surface area contributed by atoms with Crippen LogP contribution in [-0.2, 0) is 0 Å². The van der Waals surface area contributed by atoms with Crippen molar-refractivity contribution in [2.75, 3.05) is 0 Å². The molecule has 0 radical (unpaired) electrons. The van der Waals surface area contributed by atoms with E-state index in [4.69, 9.17) is 0 Å². The summed E-state index contributed by atoms with van der Waals surface area (Å²) in [5.41, 5.74) is 0.797. The second-order valence-electron chi connectivity index (χ2n) is 7.34. The van der Waals surface area contributed by atoms with Crippen LogP contribution in [0.15, 0.2) is 99.6 Å². The molecule has 0 saturated carbocycles. The standard InChI is InChI=1S/C26H15NO4/c28-23-16-10-4-5-11-17(16)24(29)21(23)20(15-8-2-1-3-9-15)14-27-22-25(30)18-12-6-7-13-19(18)26(22)31/h1-14,21H. The summed E-state index contributed by atoms with van der Waals surface area (Å²) in [6, 6.07) is 22.2. The van der Waals surface area contributed by atoms with E-state index >= 15 is 0 Å². The van der Waals surface area contributed by atoms with Crippen LogP contribution in [0.1, 0.15) is 26.3 Å². The average Bonchev–Trinajstić information content (AvgIpc) is 3.21. The van der Waals surface area contributed by atoms with Crippen molar-refractivity contribution in [3.8, 4) is 0 Å². The summed E-state index contributed by atoms with van der Waals surface area (Å²) < 4.78 is 0. The number of carbonyl (C=O) groups is 2. The Balaban J connectivity index is 1.73. The molecule has 0 spiro atoms. The zero-order valence-electron chi connectivity index (χ0n) is 16.2. The molecule has 0 aliphatic heterocycles. The lowest BCUT2D eigenvalue weighted by Crippen LogP contribution is -2.31. The predicted octanol–water partition coefficient (Wildman–Crippen LogP) is 3.07. The van der Waals surface area contributed by atoms with Crippen LogP contribution in [0.5, 0.6) is 0 Å². The number of nitrogens with zero attached hydrogens (tertiary/aromatic N) is 1. The van der Waals surface area contributed by atoms with Crippen LogP contribution in [0.3, 0.4) is 0 Å². The van der Waals surface area contributed by atoms with Gasteiger partial charge >= 0.3 is 0 Å². The van der Waals surface area contributed by atoms with Gasteiger partial charge in [0.1, 0.15) is 5.92 Å². The van der Waals surface area contributed by atoms with Crippen LogP contribution in [0.25, 0.3) is 16.3 Å². The summed E-state index contributed by atoms with van der Waals surface area (Å²) in [4.78, 5) is 55.7. The molecule has 0 saturated heterocycles. The van der Waals surface area contributed by atoms with E-state index in [9.17, 15) is 19.2 Å². The maximum absolute atomic E-state index is 13.1. The van der Waals surface area contributed by atoms with E-state index in [1.54, 1.807) is 72.8 Å². The van der Waals surface area contributed by atoms with Crippen LogP contribution in [0.2, 0.25) is 0 Å². The van der Waals surface area contributed by atoms with E-state index in [2.05, 4.69) is 4.99 Å². The van der Waals surface area contributed by atoms with Crippen molar-refractivity contribution >= 4 is 27.9 Å². The Labute approximate surface area is 176 Å². The van der Waals surface area contributed by atoms with Crippen LogP contribution in [0, 0.1) is 5.92 Å². The number of ketones is 2. The molecule has 0 aromatic heterocycles. The average molecular weight is 405 g/mol. The van der Waals surface area contributed by atoms with Gasteiger partial charge in [-0.2, -0.15) is 0 Å². The molecule has 4 aromatic carbocycles. The lowest BCUT2D eigenvalue weighted by atomic mass is 9.89. The smallest absolute Gasteiger partial charge is 0.216 e. The molecular formula is C26H15NO4. The lowest BCUT2D eigenvalue weighted by Gasteiger charge is -2.12. The van der Waals surface area contributed by atoms with Crippen molar-refractivity contribution in [2.24, 2.45) is 10.9 Å². The van der Waals surface area contributed by atoms with Crippen molar-refractivity contribution in [3.63, 3.8) is 0 Å². The molecule has 31 heavy (non-hydrogen) atoms. The number of allylic oxidation sites excluding steroid dienone is 1. The summed E-state index contributed by atoms with van der Waals surface area (Å²) in [7, 11) is 0. The molecule has 1 aliphatic carbocycles. The molecule has 5 heteroatoms. The first kappa shape index (κ1) is 18.8. The zero-order chi connectivity index (χ0) is 21.5. The van der Waals surface area contributed by atoms with E-state index in [1.165, 1.54) is 6.20 Å². The number of benzene rings is 3. The molecule has 0 heterocycles. The second kappa shape index (κ2) is 7.22. The summed E-state index contributed by atoms with van der Waals surface area (Å²) in [5, 5.41) is 0.396. The molecule has 148 valence electrons. The van der Waals surface area contributed by atoms with Crippen LogP contribution >= 0.6 is 0 Å². The maximum Gasteiger partial charge on any atom is 0.216 e. The summed E-state index contributed by atoms with van der Waals surface area (Å²) in [6.45, 7) is 0. The van der Waals surface area contributed by atoms with E-state index in [-0.39, 0.29) is 16.9 Å². The normalized spacial score (nSPS) is 14.3. The molecule has 0 unspecified atom stereocenters. The number of rotatable bonds is 3. The minimum absolute atomic E-state index is 0.218. The van der Waals surface area contributed by atoms with Gasteiger partial charge in [-0.25, -0.2) is 4.99 Å². The Hall–Kier alpha value is -4.25. The van der Waals surface area contributed by atoms with Crippen molar-refractivity contribution < 1.29 is 9.59 Å². The molecule has 0 amide bonds.